The Balaban J connectivity index is 2.55. The van der Waals surface area contributed by atoms with Gasteiger partial charge in [0.25, 0.3) is 0 Å². The third-order valence-corrected chi connectivity index (χ3v) is 3.03. The molecule has 15 heavy (non-hydrogen) atoms. The zero-order valence-corrected chi connectivity index (χ0v) is 9.96. The van der Waals surface area contributed by atoms with Gasteiger partial charge in [0.2, 0.25) is 0 Å². The Morgan fingerprint density at radius 1 is 1.40 bits per heavy atom. The van der Waals surface area contributed by atoms with Gasteiger partial charge in [0.05, 0.1) is 0 Å². The van der Waals surface area contributed by atoms with Gasteiger partial charge in [-0.3, -0.25) is 4.90 Å². The second-order valence-corrected chi connectivity index (χ2v) is 3.96. The molecule has 0 aromatic rings. The van der Waals surface area contributed by atoms with Crippen molar-refractivity contribution in [1.29, 1.82) is 0 Å². The molecule has 1 saturated heterocycles. The predicted octanol–water partition coefficient (Wildman–Crippen LogP) is 0.519. The Bertz CT molecular complexity index is 252. The van der Waals surface area contributed by atoms with Gasteiger partial charge in [-0.2, -0.15) is 0 Å². The predicted molar refractivity (Wildman–Crippen MR) is 62.1 cm³/mol. The van der Waals surface area contributed by atoms with Crippen LogP contribution in [0.3, 0.4) is 0 Å². The lowest BCUT2D eigenvalue weighted by molar-refractivity contribution is 0.159. The van der Waals surface area contributed by atoms with Gasteiger partial charge in [-0.15, -0.1) is 0 Å². The third-order valence-electron chi connectivity index (χ3n) is 2.55. The number of amides is 1. The second-order valence-electron chi connectivity index (χ2n) is 3.60. The van der Waals surface area contributed by atoms with Gasteiger partial charge in [0.15, 0.2) is 5.11 Å². The molecule has 0 radical (unpaired) electrons. The molecular weight excluding hydrogens is 214 g/mol. The first-order valence-electron chi connectivity index (χ1n) is 5.04. The van der Waals surface area contributed by atoms with Crippen LogP contribution >= 0.6 is 12.2 Å². The lowest BCUT2D eigenvalue weighted by Gasteiger charge is -2.36. The fourth-order valence-electron chi connectivity index (χ4n) is 1.52. The molecular formula is C9H17N3O2S. The maximum absolute atomic E-state index is 10.9. The Hall–Kier alpha value is -0.880. The van der Waals surface area contributed by atoms with Gasteiger partial charge in [-0.25, -0.2) is 4.79 Å². The van der Waals surface area contributed by atoms with Gasteiger partial charge < -0.3 is 14.9 Å². The van der Waals surface area contributed by atoms with Crippen molar-refractivity contribution >= 4 is 23.4 Å². The molecule has 0 spiro atoms. The van der Waals surface area contributed by atoms with Gasteiger partial charge in [0.1, 0.15) is 0 Å². The van der Waals surface area contributed by atoms with E-state index in [9.17, 15) is 4.79 Å². The number of thiocarbonyl (C=S) groups is 1. The SMILES string of the molecule is CCN(C(=O)O)C(=S)N1CCN(C)CC1. The summed E-state index contributed by atoms with van der Waals surface area (Å²) in [7, 11) is 2.05. The summed E-state index contributed by atoms with van der Waals surface area (Å²) in [6.45, 7) is 5.66. The summed E-state index contributed by atoms with van der Waals surface area (Å²) in [5, 5.41) is 9.36. The van der Waals surface area contributed by atoms with Crippen molar-refractivity contribution in [2.75, 3.05) is 39.8 Å². The van der Waals surface area contributed by atoms with Crippen molar-refractivity contribution in [2.24, 2.45) is 0 Å². The largest absolute Gasteiger partial charge is 0.465 e. The van der Waals surface area contributed by atoms with Crippen LogP contribution in [0.5, 0.6) is 0 Å². The van der Waals surface area contributed by atoms with Crippen molar-refractivity contribution in [3.05, 3.63) is 0 Å². The molecule has 0 atom stereocenters. The van der Waals surface area contributed by atoms with E-state index in [2.05, 4.69) is 11.9 Å². The summed E-state index contributed by atoms with van der Waals surface area (Å²) in [4.78, 5) is 16.2. The highest BCUT2D eigenvalue weighted by Gasteiger charge is 2.23. The molecule has 1 aliphatic rings. The molecule has 0 aromatic heterocycles. The minimum absolute atomic E-state index is 0.403. The van der Waals surface area contributed by atoms with E-state index in [1.54, 1.807) is 6.92 Å². The molecule has 0 unspecified atom stereocenters. The summed E-state index contributed by atoms with van der Waals surface area (Å²) in [6.07, 6.45) is -0.971. The number of piperazine rings is 1. The minimum Gasteiger partial charge on any atom is -0.465 e. The van der Waals surface area contributed by atoms with Gasteiger partial charge >= 0.3 is 6.09 Å². The first-order chi connectivity index (χ1) is 7.06. The van der Waals surface area contributed by atoms with Crippen molar-refractivity contribution in [1.82, 2.24) is 14.7 Å². The summed E-state index contributed by atoms with van der Waals surface area (Å²) in [5.74, 6) is 0. The molecule has 1 aliphatic heterocycles. The highest BCUT2D eigenvalue weighted by atomic mass is 32.1. The molecule has 86 valence electrons. The molecule has 1 amide bonds. The number of likely N-dealkylation sites (N-methyl/N-ethyl adjacent to an activating group) is 1. The maximum atomic E-state index is 10.9. The average Bonchev–Trinajstić information content (AvgIpc) is 2.19. The van der Waals surface area contributed by atoms with Crippen molar-refractivity contribution in [3.63, 3.8) is 0 Å². The zero-order valence-electron chi connectivity index (χ0n) is 9.14. The van der Waals surface area contributed by atoms with Crippen LogP contribution in [0.25, 0.3) is 0 Å². The third kappa shape index (κ3) is 3.04. The molecule has 6 heteroatoms. The minimum atomic E-state index is -0.971. The lowest BCUT2D eigenvalue weighted by atomic mass is 10.3. The highest BCUT2D eigenvalue weighted by Crippen LogP contribution is 2.05. The van der Waals surface area contributed by atoms with Crippen LogP contribution < -0.4 is 0 Å². The molecule has 1 rings (SSSR count). The Morgan fingerprint density at radius 3 is 2.33 bits per heavy atom. The van der Waals surface area contributed by atoms with E-state index in [0.717, 1.165) is 26.2 Å². The van der Waals surface area contributed by atoms with E-state index in [0.29, 0.717) is 11.7 Å². The van der Waals surface area contributed by atoms with E-state index in [-0.39, 0.29) is 0 Å². The van der Waals surface area contributed by atoms with E-state index in [1.165, 1.54) is 4.90 Å². The lowest BCUT2D eigenvalue weighted by Crippen LogP contribution is -2.52. The van der Waals surface area contributed by atoms with Crippen molar-refractivity contribution < 1.29 is 9.90 Å². The van der Waals surface area contributed by atoms with E-state index < -0.39 is 6.09 Å². The summed E-state index contributed by atoms with van der Waals surface area (Å²) in [6, 6.07) is 0. The van der Waals surface area contributed by atoms with Gasteiger partial charge in [-0.1, -0.05) is 0 Å². The first kappa shape index (κ1) is 12.2. The summed E-state index contributed by atoms with van der Waals surface area (Å²) >= 11 is 5.16. The number of carbonyl (C=O) groups is 1. The first-order valence-corrected chi connectivity index (χ1v) is 5.45. The number of carboxylic acid groups (broad SMARTS) is 1. The number of nitrogens with zero attached hydrogens (tertiary/aromatic N) is 3. The monoisotopic (exact) mass is 231 g/mol. The van der Waals surface area contributed by atoms with Crippen LogP contribution in [0.1, 0.15) is 6.92 Å². The van der Waals surface area contributed by atoms with Crippen LogP contribution in [0.2, 0.25) is 0 Å². The Morgan fingerprint density at radius 2 is 1.93 bits per heavy atom. The van der Waals surface area contributed by atoms with Crippen LogP contribution in [-0.4, -0.2) is 70.8 Å². The van der Waals surface area contributed by atoms with Crippen molar-refractivity contribution in [2.45, 2.75) is 6.92 Å². The molecule has 1 N–H and O–H groups in total. The average molecular weight is 231 g/mol. The maximum Gasteiger partial charge on any atom is 0.413 e. The van der Waals surface area contributed by atoms with Crippen LogP contribution in [-0.2, 0) is 0 Å². The smallest absolute Gasteiger partial charge is 0.413 e. The van der Waals surface area contributed by atoms with E-state index in [1.807, 2.05) is 4.90 Å². The molecule has 5 nitrogen and oxygen atoms in total. The Labute approximate surface area is 95.2 Å². The second kappa shape index (κ2) is 5.27. The van der Waals surface area contributed by atoms with E-state index in [4.69, 9.17) is 17.3 Å². The van der Waals surface area contributed by atoms with Gasteiger partial charge in [-0.05, 0) is 26.2 Å². The van der Waals surface area contributed by atoms with Crippen LogP contribution in [0, 0.1) is 0 Å². The quantitative estimate of drug-likeness (QED) is 0.667. The zero-order chi connectivity index (χ0) is 11.4. The molecule has 1 heterocycles. The standard InChI is InChI=1S/C9H17N3O2S/c1-3-12(9(13)14)8(15)11-6-4-10(2)5-7-11/h3-7H2,1-2H3,(H,13,14). The molecule has 0 aromatic carbocycles. The van der Waals surface area contributed by atoms with Gasteiger partial charge in [0, 0.05) is 32.7 Å². The molecule has 0 aliphatic carbocycles. The van der Waals surface area contributed by atoms with E-state index >= 15 is 0 Å². The van der Waals surface area contributed by atoms with Crippen LogP contribution in [0.15, 0.2) is 0 Å². The molecule has 0 bridgehead atoms. The highest BCUT2D eigenvalue weighted by molar-refractivity contribution is 7.80. The normalized spacial score (nSPS) is 17.6. The molecule has 0 saturated carbocycles. The topological polar surface area (TPSA) is 47.0 Å². The number of hydrogen-bond donors (Lipinski definition) is 1. The number of rotatable bonds is 1. The Kier molecular flexibility index (Phi) is 4.28. The van der Waals surface area contributed by atoms with Crippen LogP contribution in [0.4, 0.5) is 4.79 Å². The molecule has 1 fully saturated rings. The fraction of sp³-hybridized carbons (Fsp3) is 0.778. The fourth-order valence-corrected chi connectivity index (χ4v) is 1.91. The van der Waals surface area contributed by atoms with Crippen molar-refractivity contribution in [3.8, 4) is 0 Å². The summed E-state index contributed by atoms with van der Waals surface area (Å²) in [5.41, 5.74) is 0. The number of hydrogen-bond acceptors (Lipinski definition) is 3. The summed E-state index contributed by atoms with van der Waals surface area (Å²) < 4.78 is 0.